The molecule has 0 saturated carbocycles. The van der Waals surface area contributed by atoms with Crippen LogP contribution in [0.25, 0.3) is 0 Å². The van der Waals surface area contributed by atoms with Crippen LogP contribution in [0, 0.1) is 0 Å². The molecular weight excluding hydrogens is 469 g/mol. The number of nitrogens with one attached hydrogen (secondary N) is 3. The fraction of sp³-hybridized carbons (Fsp3) is 0.211. The average Bonchev–Trinajstić information content (AvgIpc) is 2.75. The Hall–Kier alpha value is -2.95. The van der Waals surface area contributed by atoms with Crippen LogP contribution in [-0.4, -0.2) is 44.9 Å². The van der Waals surface area contributed by atoms with Gasteiger partial charge in [-0.25, -0.2) is 0 Å². The van der Waals surface area contributed by atoms with E-state index in [1.165, 1.54) is 45.6 Å². The van der Waals surface area contributed by atoms with Crippen LogP contribution >= 0.6 is 35.4 Å². The highest BCUT2D eigenvalue weighted by Gasteiger charge is 2.17. The van der Waals surface area contributed by atoms with Gasteiger partial charge in [-0.3, -0.25) is 25.8 Å². The van der Waals surface area contributed by atoms with E-state index in [-0.39, 0.29) is 28.1 Å². The second-order valence-corrected chi connectivity index (χ2v) is 6.99. The van der Waals surface area contributed by atoms with Crippen molar-refractivity contribution in [2.45, 2.75) is 0 Å². The molecule has 2 aromatic rings. The molecule has 12 heteroatoms. The molecule has 0 aliphatic rings. The first-order valence-electron chi connectivity index (χ1n) is 8.57. The van der Waals surface area contributed by atoms with Gasteiger partial charge in [0, 0.05) is 10.6 Å². The third-order valence-corrected chi connectivity index (χ3v) is 4.46. The van der Waals surface area contributed by atoms with Crippen LogP contribution in [0.2, 0.25) is 10.0 Å². The van der Waals surface area contributed by atoms with E-state index in [9.17, 15) is 9.59 Å². The maximum absolute atomic E-state index is 12.4. The van der Waals surface area contributed by atoms with E-state index in [2.05, 4.69) is 16.2 Å². The summed E-state index contributed by atoms with van der Waals surface area (Å²) in [5.41, 5.74) is 4.99. The lowest BCUT2D eigenvalue weighted by molar-refractivity contribution is -0.121. The van der Waals surface area contributed by atoms with Crippen molar-refractivity contribution in [2.75, 3.05) is 27.9 Å². The Morgan fingerprint density at radius 1 is 0.935 bits per heavy atom. The number of ether oxygens (including phenoxy) is 4. The molecular formula is C19H19Cl2N3O6S. The standard InChI is InChI=1S/C19H19Cl2N3O6S/c1-27-14-6-10(7-15(28-2)17(14)29-3)18(26)23-24-19(31)22-16(25)9-30-13-5-4-11(20)8-12(13)21/h4-8H,9H2,1-3H3,(H,23,26)(H2,22,24,25,31). The van der Waals surface area contributed by atoms with Gasteiger partial charge in [0.05, 0.1) is 26.4 Å². The van der Waals surface area contributed by atoms with Crippen molar-refractivity contribution in [2.24, 2.45) is 0 Å². The molecule has 0 aromatic heterocycles. The number of benzene rings is 2. The molecule has 2 rings (SSSR count). The first-order valence-corrected chi connectivity index (χ1v) is 9.73. The highest BCUT2D eigenvalue weighted by atomic mass is 35.5. The smallest absolute Gasteiger partial charge is 0.269 e. The van der Waals surface area contributed by atoms with Gasteiger partial charge in [0.2, 0.25) is 5.75 Å². The van der Waals surface area contributed by atoms with E-state index >= 15 is 0 Å². The van der Waals surface area contributed by atoms with Crippen molar-refractivity contribution in [1.29, 1.82) is 0 Å². The summed E-state index contributed by atoms with van der Waals surface area (Å²) in [4.78, 5) is 24.4. The summed E-state index contributed by atoms with van der Waals surface area (Å²) in [5.74, 6) is 0.126. The second-order valence-electron chi connectivity index (χ2n) is 5.73. The minimum Gasteiger partial charge on any atom is -0.493 e. The molecule has 0 spiro atoms. The monoisotopic (exact) mass is 487 g/mol. The number of carbonyl (C=O) groups is 2. The van der Waals surface area contributed by atoms with Gasteiger partial charge in [-0.15, -0.1) is 0 Å². The number of hydrazine groups is 1. The Labute approximate surface area is 193 Å². The van der Waals surface area contributed by atoms with E-state index in [4.69, 9.17) is 54.4 Å². The van der Waals surface area contributed by atoms with Gasteiger partial charge in [0.25, 0.3) is 11.8 Å². The summed E-state index contributed by atoms with van der Waals surface area (Å²) in [6.07, 6.45) is 0. The molecule has 0 fully saturated rings. The first kappa shape index (κ1) is 24.3. The van der Waals surface area contributed by atoms with Gasteiger partial charge in [0.1, 0.15) is 5.75 Å². The van der Waals surface area contributed by atoms with E-state index < -0.39 is 11.8 Å². The molecule has 9 nitrogen and oxygen atoms in total. The highest BCUT2D eigenvalue weighted by Crippen LogP contribution is 2.38. The molecule has 0 aliphatic carbocycles. The van der Waals surface area contributed by atoms with Crippen molar-refractivity contribution in [3.8, 4) is 23.0 Å². The zero-order valence-corrected chi connectivity index (χ0v) is 19.0. The van der Waals surface area contributed by atoms with E-state index in [1.54, 1.807) is 6.07 Å². The van der Waals surface area contributed by atoms with Crippen molar-refractivity contribution in [3.05, 3.63) is 45.9 Å². The molecule has 0 heterocycles. The number of hydrogen-bond acceptors (Lipinski definition) is 7. The molecule has 2 amide bonds. The Kier molecular flexibility index (Phi) is 8.98. The molecule has 0 aliphatic heterocycles. The normalized spacial score (nSPS) is 9.97. The fourth-order valence-electron chi connectivity index (χ4n) is 2.33. The molecule has 0 saturated heterocycles. The zero-order valence-electron chi connectivity index (χ0n) is 16.7. The fourth-order valence-corrected chi connectivity index (χ4v) is 2.96. The molecule has 0 radical (unpaired) electrons. The lowest BCUT2D eigenvalue weighted by Crippen LogP contribution is -2.49. The lowest BCUT2D eigenvalue weighted by atomic mass is 10.1. The maximum Gasteiger partial charge on any atom is 0.269 e. The van der Waals surface area contributed by atoms with Crippen LogP contribution in [0.1, 0.15) is 10.4 Å². The third-order valence-electron chi connectivity index (χ3n) is 3.72. The summed E-state index contributed by atoms with van der Waals surface area (Å²) in [6, 6.07) is 7.52. The van der Waals surface area contributed by atoms with E-state index in [0.29, 0.717) is 22.3 Å². The molecule has 166 valence electrons. The summed E-state index contributed by atoms with van der Waals surface area (Å²) < 4.78 is 20.9. The number of amides is 2. The number of rotatable bonds is 7. The zero-order chi connectivity index (χ0) is 23.0. The topological polar surface area (TPSA) is 107 Å². The van der Waals surface area contributed by atoms with Crippen molar-refractivity contribution in [3.63, 3.8) is 0 Å². The van der Waals surface area contributed by atoms with Crippen LogP contribution in [-0.2, 0) is 4.79 Å². The Morgan fingerprint density at radius 2 is 1.58 bits per heavy atom. The van der Waals surface area contributed by atoms with Gasteiger partial charge in [0.15, 0.2) is 23.2 Å². The number of halogens is 2. The second kappa shape index (κ2) is 11.4. The minimum absolute atomic E-state index is 0.142. The summed E-state index contributed by atoms with van der Waals surface area (Å²) in [6.45, 7) is -0.357. The van der Waals surface area contributed by atoms with Gasteiger partial charge in [-0.1, -0.05) is 23.2 Å². The van der Waals surface area contributed by atoms with Crippen LogP contribution in [0.5, 0.6) is 23.0 Å². The SMILES string of the molecule is COc1cc(C(=O)NNC(=S)NC(=O)COc2ccc(Cl)cc2Cl)cc(OC)c1OC. The van der Waals surface area contributed by atoms with Crippen LogP contribution in [0.15, 0.2) is 30.3 Å². The Balaban J connectivity index is 1.89. The van der Waals surface area contributed by atoms with Gasteiger partial charge < -0.3 is 18.9 Å². The molecule has 2 aromatic carbocycles. The third kappa shape index (κ3) is 6.78. The Morgan fingerprint density at radius 3 is 2.13 bits per heavy atom. The predicted molar refractivity (Wildman–Crippen MR) is 119 cm³/mol. The van der Waals surface area contributed by atoms with E-state index in [0.717, 1.165) is 0 Å². The molecule has 0 unspecified atom stereocenters. The number of methoxy groups -OCH3 is 3. The van der Waals surface area contributed by atoms with Gasteiger partial charge >= 0.3 is 0 Å². The molecule has 0 bridgehead atoms. The summed E-state index contributed by atoms with van der Waals surface area (Å²) in [5, 5.41) is 2.91. The minimum atomic E-state index is -0.564. The van der Waals surface area contributed by atoms with Crippen molar-refractivity contribution >= 4 is 52.3 Å². The van der Waals surface area contributed by atoms with Crippen molar-refractivity contribution in [1.82, 2.24) is 16.2 Å². The molecule has 0 atom stereocenters. The molecule has 3 N–H and O–H groups in total. The van der Waals surface area contributed by atoms with Gasteiger partial charge in [-0.2, -0.15) is 0 Å². The van der Waals surface area contributed by atoms with Crippen LogP contribution in [0.3, 0.4) is 0 Å². The Bertz CT molecular complexity index is 964. The van der Waals surface area contributed by atoms with Crippen LogP contribution in [0.4, 0.5) is 0 Å². The summed E-state index contributed by atoms with van der Waals surface area (Å²) >= 11 is 16.8. The number of thiocarbonyl (C=S) groups is 1. The number of carbonyl (C=O) groups excluding carboxylic acids is 2. The number of hydrogen-bond donors (Lipinski definition) is 3. The maximum atomic E-state index is 12.4. The van der Waals surface area contributed by atoms with Crippen LogP contribution < -0.4 is 35.1 Å². The predicted octanol–water partition coefficient (Wildman–Crippen LogP) is 2.73. The summed E-state index contributed by atoms with van der Waals surface area (Å²) in [7, 11) is 4.32. The van der Waals surface area contributed by atoms with Crippen molar-refractivity contribution < 1.29 is 28.5 Å². The average molecular weight is 488 g/mol. The van der Waals surface area contributed by atoms with E-state index in [1.807, 2.05) is 0 Å². The first-order chi connectivity index (χ1) is 14.8. The van der Waals surface area contributed by atoms with Gasteiger partial charge in [-0.05, 0) is 42.5 Å². The largest absolute Gasteiger partial charge is 0.493 e. The quantitative estimate of drug-likeness (QED) is 0.404. The lowest BCUT2D eigenvalue weighted by Gasteiger charge is -2.15. The highest BCUT2D eigenvalue weighted by molar-refractivity contribution is 7.80. The molecule has 31 heavy (non-hydrogen) atoms.